The predicted molar refractivity (Wildman–Crippen MR) is 102 cm³/mol. The number of aliphatic hydroxyl groups is 1. The van der Waals surface area contributed by atoms with E-state index in [1.165, 1.54) is 0 Å². The Morgan fingerprint density at radius 2 is 1.44 bits per heavy atom. The SMILES string of the molecule is C.CC(C)(C)NC(=O)OC(CO)C(c1ccccc1)c1ccccc1. The van der Waals surface area contributed by atoms with Crippen molar-refractivity contribution in [3.05, 3.63) is 71.8 Å². The van der Waals surface area contributed by atoms with Gasteiger partial charge in [0.1, 0.15) is 6.10 Å². The van der Waals surface area contributed by atoms with Crippen LogP contribution in [-0.4, -0.2) is 29.4 Å². The smallest absolute Gasteiger partial charge is 0.407 e. The van der Waals surface area contributed by atoms with Crippen LogP contribution in [0.2, 0.25) is 0 Å². The molecule has 2 aromatic carbocycles. The second-order valence-corrected chi connectivity index (χ2v) is 6.80. The molecule has 1 unspecified atom stereocenters. The number of benzene rings is 2. The molecule has 0 saturated carbocycles. The Balaban J connectivity index is 0.00000312. The fraction of sp³-hybridized carbons (Fsp3) is 0.381. The molecule has 0 radical (unpaired) electrons. The number of carbonyl (C=O) groups is 1. The quantitative estimate of drug-likeness (QED) is 0.849. The second-order valence-electron chi connectivity index (χ2n) is 6.80. The van der Waals surface area contributed by atoms with Gasteiger partial charge < -0.3 is 15.2 Å². The van der Waals surface area contributed by atoms with Gasteiger partial charge in [0.25, 0.3) is 0 Å². The first-order valence-corrected chi connectivity index (χ1v) is 8.10. The monoisotopic (exact) mass is 343 g/mol. The fourth-order valence-electron chi connectivity index (χ4n) is 2.63. The first-order chi connectivity index (χ1) is 11.4. The van der Waals surface area contributed by atoms with Crippen LogP contribution in [0, 0.1) is 0 Å². The van der Waals surface area contributed by atoms with Gasteiger partial charge in [-0.05, 0) is 31.9 Å². The highest BCUT2D eigenvalue weighted by Gasteiger charge is 2.28. The lowest BCUT2D eigenvalue weighted by Gasteiger charge is -2.28. The lowest BCUT2D eigenvalue weighted by molar-refractivity contribution is 0.0446. The number of amides is 1. The van der Waals surface area contributed by atoms with Gasteiger partial charge in [-0.15, -0.1) is 0 Å². The van der Waals surface area contributed by atoms with Crippen molar-refractivity contribution in [3.63, 3.8) is 0 Å². The van der Waals surface area contributed by atoms with Crippen LogP contribution in [0.25, 0.3) is 0 Å². The third kappa shape index (κ3) is 6.24. The van der Waals surface area contributed by atoms with E-state index in [0.29, 0.717) is 0 Å². The van der Waals surface area contributed by atoms with Crippen LogP contribution in [-0.2, 0) is 4.74 Å². The zero-order valence-corrected chi connectivity index (χ0v) is 14.4. The summed E-state index contributed by atoms with van der Waals surface area (Å²) in [5.41, 5.74) is 1.59. The summed E-state index contributed by atoms with van der Waals surface area (Å²) in [5, 5.41) is 12.6. The van der Waals surface area contributed by atoms with Crippen molar-refractivity contribution in [2.75, 3.05) is 6.61 Å². The minimum absolute atomic E-state index is 0. The molecule has 2 aromatic rings. The molecule has 0 bridgehead atoms. The van der Waals surface area contributed by atoms with Crippen LogP contribution < -0.4 is 5.32 Å². The Bertz CT molecular complexity index is 596. The molecule has 0 aliphatic rings. The largest absolute Gasteiger partial charge is 0.443 e. The molecule has 0 heterocycles. The highest BCUT2D eigenvalue weighted by molar-refractivity contribution is 5.68. The summed E-state index contributed by atoms with van der Waals surface area (Å²) < 4.78 is 5.55. The Hall–Kier alpha value is -2.33. The van der Waals surface area contributed by atoms with Crippen LogP contribution in [0.3, 0.4) is 0 Å². The number of hydrogen-bond acceptors (Lipinski definition) is 3. The van der Waals surface area contributed by atoms with Crippen molar-refractivity contribution >= 4 is 6.09 Å². The van der Waals surface area contributed by atoms with Crippen molar-refractivity contribution in [2.45, 2.75) is 45.8 Å². The maximum Gasteiger partial charge on any atom is 0.407 e. The lowest BCUT2D eigenvalue weighted by atomic mass is 9.87. The molecular weight excluding hydrogens is 314 g/mol. The van der Waals surface area contributed by atoms with Crippen LogP contribution in [0.15, 0.2) is 60.7 Å². The number of carbonyl (C=O) groups excluding carboxylic acids is 1. The molecule has 2 rings (SSSR count). The van der Waals surface area contributed by atoms with Crippen molar-refractivity contribution in [1.29, 1.82) is 0 Å². The van der Waals surface area contributed by atoms with E-state index in [1.807, 2.05) is 81.4 Å². The molecule has 0 spiro atoms. The number of rotatable bonds is 5. The summed E-state index contributed by atoms with van der Waals surface area (Å²) >= 11 is 0. The van der Waals surface area contributed by atoms with Gasteiger partial charge in [0.05, 0.1) is 6.61 Å². The molecular formula is C21H29NO3. The molecule has 0 fully saturated rings. The van der Waals surface area contributed by atoms with E-state index in [1.54, 1.807) is 0 Å². The van der Waals surface area contributed by atoms with Gasteiger partial charge in [0.15, 0.2) is 0 Å². The second kappa shape index (κ2) is 9.23. The zero-order chi connectivity index (χ0) is 17.6. The van der Waals surface area contributed by atoms with E-state index >= 15 is 0 Å². The third-order valence-electron chi connectivity index (χ3n) is 3.60. The third-order valence-corrected chi connectivity index (χ3v) is 3.60. The van der Waals surface area contributed by atoms with E-state index in [-0.39, 0.29) is 20.0 Å². The first-order valence-electron chi connectivity index (χ1n) is 8.10. The van der Waals surface area contributed by atoms with Crippen molar-refractivity contribution in [3.8, 4) is 0 Å². The van der Waals surface area contributed by atoms with Gasteiger partial charge in [0, 0.05) is 11.5 Å². The van der Waals surface area contributed by atoms with E-state index in [4.69, 9.17) is 4.74 Å². The normalized spacial score (nSPS) is 12.2. The molecule has 2 N–H and O–H groups in total. The number of hydrogen-bond donors (Lipinski definition) is 2. The number of nitrogens with one attached hydrogen (secondary N) is 1. The minimum atomic E-state index is -0.669. The van der Waals surface area contributed by atoms with Crippen molar-refractivity contribution < 1.29 is 14.6 Å². The Kier molecular flexibility index (Phi) is 7.65. The molecule has 4 heteroatoms. The molecule has 0 aliphatic carbocycles. The maximum absolute atomic E-state index is 12.2. The lowest BCUT2D eigenvalue weighted by Crippen LogP contribution is -2.43. The number of ether oxygens (including phenoxy) is 1. The molecule has 4 nitrogen and oxygen atoms in total. The van der Waals surface area contributed by atoms with E-state index in [2.05, 4.69) is 5.32 Å². The van der Waals surface area contributed by atoms with Gasteiger partial charge in [-0.25, -0.2) is 4.79 Å². The average Bonchev–Trinajstić information content (AvgIpc) is 2.54. The summed E-state index contributed by atoms with van der Waals surface area (Å²) in [6.07, 6.45) is -1.20. The molecule has 0 aromatic heterocycles. The number of aliphatic hydroxyl groups excluding tert-OH is 1. The Morgan fingerprint density at radius 3 is 1.80 bits per heavy atom. The highest BCUT2D eigenvalue weighted by atomic mass is 16.6. The van der Waals surface area contributed by atoms with Crippen LogP contribution in [0.1, 0.15) is 45.2 Å². The van der Waals surface area contributed by atoms with Crippen molar-refractivity contribution in [2.24, 2.45) is 0 Å². The summed E-state index contributed by atoms with van der Waals surface area (Å²) in [5.74, 6) is -0.233. The number of alkyl carbamates (subject to hydrolysis) is 1. The van der Waals surface area contributed by atoms with E-state index in [0.717, 1.165) is 11.1 Å². The van der Waals surface area contributed by atoms with Gasteiger partial charge in [0.2, 0.25) is 0 Å². The summed E-state index contributed by atoms with van der Waals surface area (Å²) in [7, 11) is 0. The molecule has 25 heavy (non-hydrogen) atoms. The highest BCUT2D eigenvalue weighted by Crippen LogP contribution is 2.29. The summed E-state index contributed by atoms with van der Waals surface area (Å²) in [4.78, 5) is 12.2. The minimum Gasteiger partial charge on any atom is -0.443 e. The van der Waals surface area contributed by atoms with Gasteiger partial charge in [-0.3, -0.25) is 0 Å². The Morgan fingerprint density at radius 1 is 1.00 bits per heavy atom. The zero-order valence-electron chi connectivity index (χ0n) is 14.4. The molecule has 136 valence electrons. The van der Waals surface area contributed by atoms with Crippen LogP contribution in [0.4, 0.5) is 4.79 Å². The van der Waals surface area contributed by atoms with Crippen molar-refractivity contribution in [1.82, 2.24) is 5.32 Å². The van der Waals surface area contributed by atoms with E-state index in [9.17, 15) is 9.90 Å². The molecule has 1 amide bonds. The van der Waals surface area contributed by atoms with Gasteiger partial charge in [-0.2, -0.15) is 0 Å². The average molecular weight is 343 g/mol. The standard InChI is InChI=1S/C20H25NO3.CH4/c1-20(2,3)21-19(23)24-17(14-22)18(15-10-6-4-7-11-15)16-12-8-5-9-13-16;/h4-13,17-18,22H,14H2,1-3H3,(H,21,23);1H4. The predicted octanol–water partition coefficient (Wildman–Crippen LogP) is 4.34. The van der Waals surface area contributed by atoms with Crippen LogP contribution in [0.5, 0.6) is 0 Å². The molecule has 1 atom stereocenters. The van der Waals surface area contributed by atoms with Gasteiger partial charge in [-0.1, -0.05) is 68.1 Å². The van der Waals surface area contributed by atoms with Gasteiger partial charge >= 0.3 is 6.09 Å². The van der Waals surface area contributed by atoms with Crippen LogP contribution >= 0.6 is 0 Å². The summed E-state index contributed by atoms with van der Waals surface area (Å²) in [6.45, 7) is 5.39. The fourth-order valence-corrected chi connectivity index (χ4v) is 2.63. The Labute approximate surface area is 150 Å². The molecule has 0 saturated heterocycles. The summed E-state index contributed by atoms with van der Waals surface area (Å²) in [6, 6.07) is 19.5. The first kappa shape index (κ1) is 20.7. The molecule has 0 aliphatic heterocycles. The topological polar surface area (TPSA) is 58.6 Å². The van der Waals surface area contributed by atoms with E-state index < -0.39 is 17.7 Å². The maximum atomic E-state index is 12.2.